The lowest BCUT2D eigenvalue weighted by Gasteiger charge is -2.02. The van der Waals surface area contributed by atoms with Crippen molar-refractivity contribution in [2.75, 3.05) is 0 Å². The van der Waals surface area contributed by atoms with Crippen LogP contribution in [0.4, 0.5) is 0 Å². The molecular formula is C10H6Cl2N2. The van der Waals surface area contributed by atoms with E-state index in [-0.39, 0.29) is 5.15 Å². The molecule has 0 atom stereocenters. The molecular weight excluding hydrogens is 219 g/mol. The lowest BCUT2D eigenvalue weighted by molar-refractivity contribution is 1.17. The molecule has 1 aromatic heterocycles. The SMILES string of the molecule is Clc1ncnc(-c2ccccc2)c1Cl. The summed E-state index contributed by atoms with van der Waals surface area (Å²) in [6.45, 7) is 0. The zero-order valence-corrected chi connectivity index (χ0v) is 8.63. The predicted molar refractivity (Wildman–Crippen MR) is 57.5 cm³/mol. The van der Waals surface area contributed by atoms with E-state index in [1.54, 1.807) is 0 Å². The molecule has 0 amide bonds. The van der Waals surface area contributed by atoms with E-state index in [0.717, 1.165) is 5.56 Å². The normalized spacial score (nSPS) is 10.1. The van der Waals surface area contributed by atoms with Gasteiger partial charge < -0.3 is 0 Å². The van der Waals surface area contributed by atoms with Gasteiger partial charge in [0.25, 0.3) is 0 Å². The van der Waals surface area contributed by atoms with Crippen LogP contribution in [0.15, 0.2) is 36.7 Å². The minimum atomic E-state index is 0.278. The van der Waals surface area contributed by atoms with Gasteiger partial charge in [-0.05, 0) is 0 Å². The summed E-state index contributed by atoms with van der Waals surface area (Å²) in [4.78, 5) is 7.87. The molecule has 0 spiro atoms. The van der Waals surface area contributed by atoms with Gasteiger partial charge >= 0.3 is 0 Å². The highest BCUT2D eigenvalue weighted by molar-refractivity contribution is 6.42. The van der Waals surface area contributed by atoms with Crippen LogP contribution in [0.2, 0.25) is 10.2 Å². The first-order valence-electron chi connectivity index (χ1n) is 4.00. The second-order valence-electron chi connectivity index (χ2n) is 2.69. The van der Waals surface area contributed by atoms with Crippen LogP contribution in [0.25, 0.3) is 11.3 Å². The minimum absolute atomic E-state index is 0.278. The van der Waals surface area contributed by atoms with Crippen LogP contribution >= 0.6 is 23.2 Å². The fraction of sp³-hybridized carbons (Fsp3) is 0. The average molecular weight is 225 g/mol. The van der Waals surface area contributed by atoms with Crippen LogP contribution < -0.4 is 0 Å². The van der Waals surface area contributed by atoms with Crippen LogP contribution in [0, 0.1) is 0 Å². The van der Waals surface area contributed by atoms with Crippen LogP contribution in [-0.2, 0) is 0 Å². The number of hydrogen-bond donors (Lipinski definition) is 0. The highest BCUT2D eigenvalue weighted by atomic mass is 35.5. The van der Waals surface area contributed by atoms with E-state index in [1.165, 1.54) is 6.33 Å². The van der Waals surface area contributed by atoms with Crippen molar-refractivity contribution in [2.24, 2.45) is 0 Å². The summed E-state index contributed by atoms with van der Waals surface area (Å²) in [6, 6.07) is 9.61. The van der Waals surface area contributed by atoms with Crippen molar-refractivity contribution < 1.29 is 0 Å². The van der Waals surface area contributed by atoms with Crippen LogP contribution in [0.5, 0.6) is 0 Å². The third-order valence-electron chi connectivity index (χ3n) is 1.79. The van der Waals surface area contributed by atoms with E-state index in [9.17, 15) is 0 Å². The summed E-state index contributed by atoms with van der Waals surface area (Å²) in [6.07, 6.45) is 1.40. The zero-order valence-electron chi connectivity index (χ0n) is 7.11. The zero-order chi connectivity index (χ0) is 9.97. The Bertz CT molecular complexity index is 443. The summed E-state index contributed by atoms with van der Waals surface area (Å²) < 4.78 is 0. The molecule has 2 aromatic rings. The summed E-state index contributed by atoms with van der Waals surface area (Å²) >= 11 is 11.8. The van der Waals surface area contributed by atoms with Crippen LogP contribution in [0.3, 0.4) is 0 Å². The van der Waals surface area contributed by atoms with Crippen molar-refractivity contribution in [1.82, 2.24) is 9.97 Å². The molecule has 14 heavy (non-hydrogen) atoms. The number of nitrogens with zero attached hydrogens (tertiary/aromatic N) is 2. The molecule has 1 aromatic carbocycles. The monoisotopic (exact) mass is 224 g/mol. The lowest BCUT2D eigenvalue weighted by Crippen LogP contribution is -1.87. The Labute approximate surface area is 91.5 Å². The smallest absolute Gasteiger partial charge is 0.151 e. The molecule has 0 N–H and O–H groups in total. The Hall–Kier alpha value is -1.12. The second kappa shape index (κ2) is 3.95. The first kappa shape index (κ1) is 9.44. The highest BCUT2D eigenvalue weighted by Crippen LogP contribution is 2.29. The molecule has 0 saturated carbocycles. The maximum atomic E-state index is 5.97. The Morgan fingerprint density at radius 2 is 1.64 bits per heavy atom. The predicted octanol–water partition coefficient (Wildman–Crippen LogP) is 3.45. The number of hydrogen-bond acceptors (Lipinski definition) is 2. The molecule has 0 unspecified atom stereocenters. The lowest BCUT2D eigenvalue weighted by atomic mass is 10.1. The molecule has 0 saturated heterocycles. The van der Waals surface area contributed by atoms with Gasteiger partial charge in [-0.15, -0.1) is 0 Å². The van der Waals surface area contributed by atoms with Gasteiger partial charge in [0.05, 0.1) is 5.69 Å². The van der Waals surface area contributed by atoms with E-state index in [4.69, 9.17) is 23.2 Å². The summed E-state index contributed by atoms with van der Waals surface area (Å²) in [7, 11) is 0. The third-order valence-corrected chi connectivity index (χ3v) is 2.54. The highest BCUT2D eigenvalue weighted by Gasteiger charge is 2.08. The molecule has 2 rings (SSSR count). The fourth-order valence-corrected chi connectivity index (χ4v) is 1.49. The van der Waals surface area contributed by atoms with Crippen LogP contribution in [0.1, 0.15) is 0 Å². The number of halogens is 2. The maximum absolute atomic E-state index is 5.97. The van der Waals surface area contributed by atoms with Gasteiger partial charge in [0.15, 0.2) is 5.15 Å². The topological polar surface area (TPSA) is 25.8 Å². The van der Waals surface area contributed by atoms with Crippen molar-refractivity contribution in [2.45, 2.75) is 0 Å². The van der Waals surface area contributed by atoms with Gasteiger partial charge in [-0.25, -0.2) is 9.97 Å². The largest absolute Gasteiger partial charge is 0.235 e. The molecule has 0 fully saturated rings. The first-order chi connectivity index (χ1) is 6.79. The summed E-state index contributed by atoms with van der Waals surface area (Å²) in [5.74, 6) is 0. The van der Waals surface area contributed by atoms with E-state index < -0.39 is 0 Å². The van der Waals surface area contributed by atoms with Crippen molar-refractivity contribution in [3.8, 4) is 11.3 Å². The molecule has 0 bridgehead atoms. The van der Waals surface area contributed by atoms with E-state index >= 15 is 0 Å². The minimum Gasteiger partial charge on any atom is -0.235 e. The average Bonchev–Trinajstić information content (AvgIpc) is 2.23. The van der Waals surface area contributed by atoms with Gasteiger partial charge in [0.2, 0.25) is 0 Å². The van der Waals surface area contributed by atoms with Crippen molar-refractivity contribution in [3.05, 3.63) is 46.8 Å². The first-order valence-corrected chi connectivity index (χ1v) is 4.76. The molecule has 0 radical (unpaired) electrons. The Morgan fingerprint density at radius 1 is 0.929 bits per heavy atom. The molecule has 0 aliphatic heterocycles. The van der Waals surface area contributed by atoms with Crippen LogP contribution in [-0.4, -0.2) is 9.97 Å². The number of aromatic nitrogens is 2. The van der Waals surface area contributed by atoms with E-state index in [1.807, 2.05) is 30.3 Å². The molecule has 70 valence electrons. The van der Waals surface area contributed by atoms with Gasteiger partial charge in [-0.1, -0.05) is 53.5 Å². The summed E-state index contributed by atoms with van der Waals surface area (Å²) in [5.41, 5.74) is 1.59. The van der Waals surface area contributed by atoms with Gasteiger partial charge in [0.1, 0.15) is 11.3 Å². The number of benzene rings is 1. The summed E-state index contributed by atoms with van der Waals surface area (Å²) in [5, 5.41) is 0.667. The third kappa shape index (κ3) is 1.72. The second-order valence-corrected chi connectivity index (χ2v) is 3.43. The van der Waals surface area contributed by atoms with Crippen molar-refractivity contribution >= 4 is 23.2 Å². The van der Waals surface area contributed by atoms with Gasteiger partial charge in [0, 0.05) is 5.56 Å². The van der Waals surface area contributed by atoms with Gasteiger partial charge in [-0.3, -0.25) is 0 Å². The molecule has 0 aliphatic rings. The fourth-order valence-electron chi connectivity index (χ4n) is 1.15. The maximum Gasteiger partial charge on any atom is 0.151 e. The van der Waals surface area contributed by atoms with Crippen molar-refractivity contribution in [3.63, 3.8) is 0 Å². The van der Waals surface area contributed by atoms with E-state index in [2.05, 4.69) is 9.97 Å². The standard InChI is InChI=1S/C10H6Cl2N2/c11-8-9(13-6-14-10(8)12)7-4-2-1-3-5-7/h1-6H. The van der Waals surface area contributed by atoms with E-state index in [0.29, 0.717) is 10.7 Å². The Balaban J connectivity index is 2.58. The Morgan fingerprint density at radius 3 is 2.36 bits per heavy atom. The number of rotatable bonds is 1. The van der Waals surface area contributed by atoms with Crippen molar-refractivity contribution in [1.29, 1.82) is 0 Å². The molecule has 4 heteroatoms. The molecule has 1 heterocycles. The molecule has 0 aliphatic carbocycles. The Kier molecular flexibility index (Phi) is 2.66. The quantitative estimate of drug-likeness (QED) is 0.694. The molecule has 2 nitrogen and oxygen atoms in total. The van der Waals surface area contributed by atoms with Gasteiger partial charge in [-0.2, -0.15) is 0 Å².